The molecular weight excluding hydrogens is 812 g/mol. The molecule has 0 unspecified atom stereocenters. The summed E-state index contributed by atoms with van der Waals surface area (Å²) in [5, 5.41) is 8.15. The summed E-state index contributed by atoms with van der Waals surface area (Å²) in [4.78, 5) is 2.74. The van der Waals surface area contributed by atoms with E-state index >= 15 is 0 Å². The van der Waals surface area contributed by atoms with E-state index in [1.807, 2.05) is 22.7 Å². The summed E-state index contributed by atoms with van der Waals surface area (Å²) in [5.41, 5.74) is 20.1. The van der Waals surface area contributed by atoms with E-state index in [1.165, 1.54) is 135 Å². The van der Waals surface area contributed by atoms with Crippen LogP contribution in [0.25, 0.3) is 90.1 Å². The fraction of sp³-hybridized carbons (Fsp3) is 0.186. The third kappa shape index (κ3) is 4.66. The maximum Gasteiger partial charge on any atom is 0.333 e. The molecule has 64 heavy (non-hydrogen) atoms. The molecule has 3 aliphatic rings. The molecule has 2 aliphatic heterocycles. The molecule has 5 heterocycles. The van der Waals surface area contributed by atoms with Crippen molar-refractivity contribution in [2.45, 2.75) is 71.6 Å². The van der Waals surface area contributed by atoms with Gasteiger partial charge in [0.05, 0.1) is 11.0 Å². The highest BCUT2D eigenvalue weighted by Gasteiger charge is 2.48. The number of hydrogen-bond donors (Lipinski definition) is 0. The molecule has 0 fully saturated rings. The molecule has 5 heteroatoms. The Balaban J connectivity index is 1.23. The van der Waals surface area contributed by atoms with Gasteiger partial charge in [-0.15, -0.1) is 22.7 Å². The van der Waals surface area contributed by atoms with Gasteiger partial charge in [0.25, 0.3) is 0 Å². The minimum atomic E-state index is -0.142. The zero-order valence-electron chi connectivity index (χ0n) is 37.6. The van der Waals surface area contributed by atoms with Crippen LogP contribution in [-0.4, -0.2) is 11.4 Å². The van der Waals surface area contributed by atoms with E-state index in [0.717, 1.165) is 0 Å². The van der Waals surface area contributed by atoms with E-state index in [2.05, 4.69) is 204 Å². The van der Waals surface area contributed by atoms with Crippen molar-refractivity contribution in [3.63, 3.8) is 0 Å². The smallest absolute Gasteiger partial charge is 0.333 e. The molecule has 0 spiro atoms. The Morgan fingerprint density at radius 2 is 1.20 bits per heavy atom. The number of aromatic nitrogens is 1. The van der Waals surface area contributed by atoms with Gasteiger partial charge in [0.15, 0.2) is 0 Å². The van der Waals surface area contributed by atoms with Crippen LogP contribution in [0.4, 0.5) is 11.4 Å². The van der Waals surface area contributed by atoms with Gasteiger partial charge in [-0.3, -0.25) is 0 Å². The van der Waals surface area contributed by atoms with E-state index in [1.54, 1.807) is 0 Å². The molecule has 0 radical (unpaired) electrons. The maximum absolute atomic E-state index is 2.74. The molecule has 8 aromatic carbocycles. The lowest BCUT2D eigenvalue weighted by Crippen LogP contribution is -2.60. The van der Waals surface area contributed by atoms with Crippen molar-refractivity contribution >= 4 is 114 Å². The summed E-state index contributed by atoms with van der Waals surface area (Å²) in [7, 11) is 0. The van der Waals surface area contributed by atoms with Crippen LogP contribution in [0.15, 0.2) is 140 Å². The van der Waals surface area contributed by atoms with Gasteiger partial charge < -0.3 is 9.38 Å². The largest absolute Gasteiger partial charge is 0.376 e. The third-order valence-corrected chi connectivity index (χ3v) is 17.6. The lowest BCUT2D eigenvalue weighted by atomic mass is 9.43. The first-order valence-corrected chi connectivity index (χ1v) is 24.5. The Bertz CT molecular complexity index is 3900. The monoisotopic (exact) mass is 858 g/mol. The number of thiophene rings is 2. The average Bonchev–Trinajstić information content (AvgIpc) is 4.01. The normalized spacial score (nSPS) is 14.9. The molecule has 0 bridgehead atoms. The number of anilines is 2. The molecule has 0 atom stereocenters. The average molecular weight is 859 g/mol. The van der Waals surface area contributed by atoms with Crippen molar-refractivity contribution in [1.29, 1.82) is 0 Å². The summed E-state index contributed by atoms with van der Waals surface area (Å²) in [6, 6.07) is 54.6. The van der Waals surface area contributed by atoms with Gasteiger partial charge in [-0.25, -0.2) is 0 Å². The van der Waals surface area contributed by atoms with Gasteiger partial charge in [0, 0.05) is 79.2 Å². The molecule has 0 N–H and O–H groups in total. The zero-order chi connectivity index (χ0) is 43.3. The molecular formula is C59H47BN2S2. The van der Waals surface area contributed by atoms with Crippen LogP contribution >= 0.6 is 22.7 Å². The number of nitrogens with zero attached hydrogens (tertiary/aromatic N) is 2. The first-order chi connectivity index (χ1) is 30.8. The van der Waals surface area contributed by atoms with Gasteiger partial charge in [-0.1, -0.05) is 140 Å². The predicted octanol–water partition coefficient (Wildman–Crippen LogP) is 15.7. The second-order valence-corrected chi connectivity index (χ2v) is 23.4. The predicted molar refractivity (Wildman–Crippen MR) is 281 cm³/mol. The summed E-state index contributed by atoms with van der Waals surface area (Å²) < 4.78 is 8.11. The Morgan fingerprint density at radius 1 is 0.516 bits per heavy atom. The van der Waals surface area contributed by atoms with Crippen LogP contribution in [0.5, 0.6) is 0 Å². The highest BCUT2D eigenvalue weighted by Crippen LogP contribution is 2.56. The van der Waals surface area contributed by atoms with Crippen LogP contribution < -0.4 is 15.7 Å². The molecule has 14 rings (SSSR count). The van der Waals surface area contributed by atoms with Crippen molar-refractivity contribution in [2.75, 3.05) is 4.81 Å². The van der Waals surface area contributed by atoms with Crippen molar-refractivity contribution in [1.82, 2.24) is 4.57 Å². The Hall–Kier alpha value is -6.14. The second-order valence-electron chi connectivity index (χ2n) is 21.3. The highest BCUT2D eigenvalue weighted by molar-refractivity contribution is 7.27. The molecule has 0 saturated carbocycles. The van der Waals surface area contributed by atoms with Crippen molar-refractivity contribution < 1.29 is 0 Å². The SMILES string of the molecule is CC(C)(C)c1ccc(N2B3c4cc5c(cc4-n4c6ccc(C(C)(C)C)cc6c6c7sc8ccccc8c7c(c3c64)-c3cc4sc6ccccc6c4cc32)C(C)(C)c2ccccc2-5)cc1. The van der Waals surface area contributed by atoms with E-state index < -0.39 is 0 Å². The van der Waals surface area contributed by atoms with Crippen LogP contribution in [0.3, 0.4) is 0 Å². The van der Waals surface area contributed by atoms with Gasteiger partial charge in [-0.2, -0.15) is 0 Å². The fourth-order valence-electron chi connectivity index (χ4n) is 12.1. The van der Waals surface area contributed by atoms with Gasteiger partial charge in [0.1, 0.15) is 0 Å². The van der Waals surface area contributed by atoms with E-state index in [-0.39, 0.29) is 23.1 Å². The molecule has 0 saturated heterocycles. The summed E-state index contributed by atoms with van der Waals surface area (Å²) in [6.45, 7) is 18.8. The molecule has 2 nitrogen and oxygen atoms in total. The summed E-state index contributed by atoms with van der Waals surface area (Å²) in [6.07, 6.45) is 0. The first-order valence-electron chi connectivity index (χ1n) is 22.9. The summed E-state index contributed by atoms with van der Waals surface area (Å²) in [5.74, 6) is 0. The number of rotatable bonds is 1. The van der Waals surface area contributed by atoms with Crippen LogP contribution in [-0.2, 0) is 16.2 Å². The van der Waals surface area contributed by atoms with E-state index in [4.69, 9.17) is 0 Å². The van der Waals surface area contributed by atoms with Gasteiger partial charge in [-0.05, 0) is 115 Å². The number of fused-ring (bicyclic) bond motifs is 19. The standard InChI is InChI=1S/C59H47BN2S2/c1-57(2,3)32-21-24-34(25-22-32)62-46-29-39-36-16-10-13-19-48(36)63-50(39)30-41(46)51-52-37-17-11-14-20-49(37)64-56(52)53-40-27-33(58(4,5)6)23-26-45(40)61-47-31-43-38(28-44(47)60(62)54(51)55(53)61)35-15-9-12-18-42(35)59(43,7)8/h9-31H,1-8H3. The lowest BCUT2D eigenvalue weighted by molar-refractivity contribution is 0.590. The van der Waals surface area contributed by atoms with E-state index in [9.17, 15) is 0 Å². The minimum Gasteiger partial charge on any atom is -0.376 e. The summed E-state index contributed by atoms with van der Waals surface area (Å²) >= 11 is 3.91. The number of benzene rings is 8. The Labute approximate surface area is 382 Å². The van der Waals surface area contributed by atoms with Crippen LogP contribution in [0.2, 0.25) is 0 Å². The first kappa shape index (κ1) is 37.3. The molecule has 308 valence electrons. The number of hydrogen-bond acceptors (Lipinski definition) is 3. The van der Waals surface area contributed by atoms with Crippen molar-refractivity contribution in [3.8, 4) is 27.9 Å². The third-order valence-electron chi connectivity index (χ3n) is 15.3. The van der Waals surface area contributed by atoms with Gasteiger partial charge >= 0.3 is 6.85 Å². The molecule has 0 amide bonds. The maximum atomic E-state index is 2.74. The Kier molecular flexibility index (Phi) is 7.07. The van der Waals surface area contributed by atoms with Crippen LogP contribution in [0, 0.1) is 0 Å². The zero-order valence-corrected chi connectivity index (χ0v) is 39.2. The fourth-order valence-corrected chi connectivity index (χ4v) is 14.5. The second kappa shape index (κ2) is 12.1. The van der Waals surface area contributed by atoms with E-state index in [0.29, 0.717) is 0 Å². The lowest BCUT2D eigenvalue weighted by Gasteiger charge is -2.43. The van der Waals surface area contributed by atoms with Crippen LogP contribution in [0.1, 0.15) is 77.6 Å². The minimum absolute atomic E-state index is 0.00206. The molecule has 3 aromatic heterocycles. The molecule has 1 aliphatic carbocycles. The van der Waals surface area contributed by atoms with Crippen molar-refractivity contribution in [3.05, 3.63) is 162 Å². The quantitative estimate of drug-likeness (QED) is 0.149. The Morgan fingerprint density at radius 3 is 1.97 bits per heavy atom. The molecule has 11 aromatic rings. The van der Waals surface area contributed by atoms with Gasteiger partial charge in [0.2, 0.25) is 0 Å². The highest BCUT2D eigenvalue weighted by atomic mass is 32.1. The topological polar surface area (TPSA) is 8.17 Å². The van der Waals surface area contributed by atoms with Crippen molar-refractivity contribution in [2.24, 2.45) is 0 Å².